The van der Waals surface area contributed by atoms with Gasteiger partial charge in [-0.05, 0) is 24.3 Å². The molecule has 0 spiro atoms. The van der Waals surface area contributed by atoms with Crippen LogP contribution < -0.4 is 9.44 Å². The minimum atomic E-state index is -4.08. The van der Waals surface area contributed by atoms with Crippen molar-refractivity contribution in [2.75, 3.05) is 9.44 Å². The molecular weight excluding hydrogens is 633 g/mol. The van der Waals surface area contributed by atoms with Gasteiger partial charge in [-0.3, -0.25) is 9.44 Å². The lowest BCUT2D eigenvalue weighted by Gasteiger charge is -2.06. The number of anilines is 2. The van der Waals surface area contributed by atoms with Gasteiger partial charge in [-0.2, -0.15) is 9.97 Å². The maximum atomic E-state index is 13.1. The highest BCUT2D eigenvalue weighted by atomic mass is 32.2. The standard InChI is InChI=1S/C32H24N4O8S2/c37-32(31-34-30(28(44-31)23-15-7-2-8-16-23)36-46(40,41)25-19-11-4-12-20-25)42-21-26-33-29(27(43-26)22-13-5-1-6-14-22)35-45(38,39)24-17-9-3-10-18-24/h1-20,35-36H,21H2. The van der Waals surface area contributed by atoms with Crippen molar-refractivity contribution in [2.45, 2.75) is 16.4 Å². The summed E-state index contributed by atoms with van der Waals surface area (Å²) in [6, 6.07) is 32.5. The Morgan fingerprint density at radius 3 is 1.48 bits per heavy atom. The lowest BCUT2D eigenvalue weighted by Crippen LogP contribution is -2.14. The summed E-state index contributed by atoms with van der Waals surface area (Å²) >= 11 is 0. The van der Waals surface area contributed by atoms with Crippen molar-refractivity contribution >= 4 is 37.7 Å². The number of nitrogens with zero attached hydrogens (tertiary/aromatic N) is 2. The van der Waals surface area contributed by atoms with E-state index in [1.54, 1.807) is 97.1 Å². The molecule has 4 aromatic carbocycles. The molecule has 6 rings (SSSR count). The lowest BCUT2D eigenvalue weighted by atomic mass is 10.2. The molecule has 0 saturated heterocycles. The molecule has 0 aliphatic carbocycles. The van der Waals surface area contributed by atoms with Gasteiger partial charge in [0, 0.05) is 11.1 Å². The largest absolute Gasteiger partial charge is 0.449 e. The quantitative estimate of drug-likeness (QED) is 0.159. The predicted octanol–water partition coefficient (Wildman–Crippen LogP) is 5.96. The number of aromatic nitrogens is 2. The highest BCUT2D eigenvalue weighted by Gasteiger charge is 2.27. The van der Waals surface area contributed by atoms with Gasteiger partial charge in [0.2, 0.25) is 5.89 Å². The predicted molar refractivity (Wildman–Crippen MR) is 167 cm³/mol. The number of hydrogen-bond donors (Lipinski definition) is 2. The number of carbonyl (C=O) groups excluding carboxylic acids is 1. The van der Waals surface area contributed by atoms with E-state index >= 15 is 0 Å². The Hall–Kier alpha value is -5.73. The monoisotopic (exact) mass is 656 g/mol. The third-order valence-corrected chi connectivity index (χ3v) is 9.15. The normalized spacial score (nSPS) is 11.6. The summed E-state index contributed by atoms with van der Waals surface area (Å²) in [5, 5.41) is 0. The second kappa shape index (κ2) is 12.7. The van der Waals surface area contributed by atoms with Crippen LogP contribution in [-0.4, -0.2) is 32.8 Å². The number of carbonyl (C=O) groups is 1. The summed E-state index contributed by atoms with van der Waals surface area (Å²) in [5.74, 6) is -1.95. The van der Waals surface area contributed by atoms with Gasteiger partial charge in [0.15, 0.2) is 29.8 Å². The summed E-state index contributed by atoms with van der Waals surface area (Å²) in [6.07, 6.45) is 0. The van der Waals surface area contributed by atoms with Crippen molar-refractivity contribution < 1.29 is 35.2 Å². The summed E-state index contributed by atoms with van der Waals surface area (Å²) in [5.41, 5.74) is 0.976. The molecule has 0 bridgehead atoms. The molecule has 0 atom stereocenters. The second-order valence-electron chi connectivity index (χ2n) is 9.63. The Labute approximate surface area is 263 Å². The maximum absolute atomic E-state index is 13.1. The summed E-state index contributed by atoms with van der Waals surface area (Å²) in [6.45, 7) is -0.528. The van der Waals surface area contributed by atoms with Crippen molar-refractivity contribution in [1.29, 1.82) is 0 Å². The Morgan fingerprint density at radius 1 is 0.587 bits per heavy atom. The first-order valence-electron chi connectivity index (χ1n) is 13.6. The molecule has 232 valence electrons. The van der Waals surface area contributed by atoms with E-state index in [0.29, 0.717) is 11.1 Å². The zero-order valence-electron chi connectivity index (χ0n) is 23.7. The zero-order chi connectivity index (χ0) is 32.1. The Morgan fingerprint density at radius 2 is 1.00 bits per heavy atom. The summed E-state index contributed by atoms with van der Waals surface area (Å²) in [4.78, 5) is 21.4. The summed E-state index contributed by atoms with van der Waals surface area (Å²) in [7, 11) is -8.11. The Balaban J connectivity index is 1.27. The van der Waals surface area contributed by atoms with Gasteiger partial charge in [0.25, 0.3) is 20.0 Å². The van der Waals surface area contributed by atoms with Gasteiger partial charge in [-0.25, -0.2) is 21.6 Å². The minimum absolute atomic E-state index is 0.00727. The molecule has 0 aliphatic rings. The molecule has 0 saturated carbocycles. The van der Waals surface area contributed by atoms with E-state index in [-0.39, 0.29) is 38.8 Å². The van der Waals surface area contributed by atoms with Gasteiger partial charge in [0.05, 0.1) is 9.79 Å². The molecule has 2 heterocycles. The number of sulfonamides is 2. The number of esters is 1. The van der Waals surface area contributed by atoms with E-state index in [0.717, 1.165) is 0 Å². The van der Waals surface area contributed by atoms with Crippen LogP contribution in [0.25, 0.3) is 22.6 Å². The van der Waals surface area contributed by atoms with E-state index in [2.05, 4.69) is 19.4 Å². The number of benzene rings is 4. The number of oxazole rings is 2. The van der Waals surface area contributed by atoms with Gasteiger partial charge in [-0.1, -0.05) is 97.1 Å². The fraction of sp³-hybridized carbons (Fsp3) is 0.0312. The van der Waals surface area contributed by atoms with Crippen LogP contribution >= 0.6 is 0 Å². The molecule has 0 fully saturated rings. The highest BCUT2D eigenvalue weighted by molar-refractivity contribution is 7.93. The SMILES string of the molecule is O=C(OCc1nc(NS(=O)(=O)c2ccccc2)c(-c2ccccc2)o1)c1nc(NS(=O)(=O)c2ccccc2)c(-c2ccccc2)o1. The van der Waals surface area contributed by atoms with Crippen LogP contribution in [0.4, 0.5) is 11.6 Å². The van der Waals surface area contributed by atoms with E-state index in [1.165, 1.54) is 24.3 Å². The van der Waals surface area contributed by atoms with Crippen molar-refractivity contribution in [3.05, 3.63) is 133 Å². The van der Waals surface area contributed by atoms with Crippen LogP contribution in [-0.2, 0) is 31.4 Å². The first-order valence-corrected chi connectivity index (χ1v) is 16.6. The highest BCUT2D eigenvalue weighted by Crippen LogP contribution is 2.33. The van der Waals surface area contributed by atoms with Gasteiger partial charge in [0.1, 0.15) is 0 Å². The molecule has 12 nitrogen and oxygen atoms in total. The van der Waals surface area contributed by atoms with Crippen LogP contribution in [0.3, 0.4) is 0 Å². The van der Waals surface area contributed by atoms with Crippen LogP contribution in [0, 0.1) is 0 Å². The fourth-order valence-corrected chi connectivity index (χ4v) is 6.36. The molecule has 14 heteroatoms. The van der Waals surface area contributed by atoms with Crippen molar-refractivity contribution in [1.82, 2.24) is 9.97 Å². The Kier molecular flexibility index (Phi) is 8.37. The van der Waals surface area contributed by atoms with Crippen molar-refractivity contribution in [3.63, 3.8) is 0 Å². The zero-order valence-corrected chi connectivity index (χ0v) is 25.4. The molecular formula is C32H24N4O8S2. The van der Waals surface area contributed by atoms with Gasteiger partial charge < -0.3 is 13.6 Å². The van der Waals surface area contributed by atoms with Crippen LogP contribution in [0.2, 0.25) is 0 Å². The molecule has 0 radical (unpaired) electrons. The first-order chi connectivity index (χ1) is 22.2. The Bertz CT molecular complexity index is 2190. The lowest BCUT2D eigenvalue weighted by molar-refractivity contribution is 0.0394. The van der Waals surface area contributed by atoms with Crippen molar-refractivity contribution in [3.8, 4) is 22.6 Å². The van der Waals surface area contributed by atoms with E-state index in [9.17, 15) is 21.6 Å². The summed E-state index contributed by atoms with van der Waals surface area (Å²) < 4.78 is 73.8. The smallest absolute Gasteiger partial charge is 0.395 e. The van der Waals surface area contributed by atoms with E-state index in [1.807, 2.05) is 0 Å². The number of ether oxygens (including phenoxy) is 1. The molecule has 0 unspecified atom stereocenters. The van der Waals surface area contributed by atoms with E-state index in [4.69, 9.17) is 13.6 Å². The molecule has 46 heavy (non-hydrogen) atoms. The maximum Gasteiger partial charge on any atom is 0.395 e. The number of rotatable bonds is 11. The third-order valence-electron chi connectivity index (χ3n) is 6.44. The van der Waals surface area contributed by atoms with Crippen LogP contribution in [0.1, 0.15) is 16.6 Å². The molecule has 0 amide bonds. The fourth-order valence-electron chi connectivity index (χ4n) is 4.30. The average Bonchev–Trinajstić information content (AvgIpc) is 3.68. The number of nitrogens with one attached hydrogen (secondary N) is 2. The third kappa shape index (κ3) is 6.67. The average molecular weight is 657 g/mol. The minimum Gasteiger partial charge on any atom is -0.449 e. The topological polar surface area (TPSA) is 171 Å². The molecule has 0 aliphatic heterocycles. The first kappa shape index (κ1) is 30.3. The molecule has 2 aromatic heterocycles. The van der Waals surface area contributed by atoms with E-state index < -0.39 is 38.5 Å². The van der Waals surface area contributed by atoms with Crippen LogP contribution in [0.5, 0.6) is 0 Å². The van der Waals surface area contributed by atoms with Crippen molar-refractivity contribution in [2.24, 2.45) is 0 Å². The molecule has 2 N–H and O–H groups in total. The van der Waals surface area contributed by atoms with Gasteiger partial charge >= 0.3 is 11.9 Å². The molecule has 6 aromatic rings. The van der Waals surface area contributed by atoms with Crippen LogP contribution in [0.15, 0.2) is 140 Å². The second-order valence-corrected chi connectivity index (χ2v) is 13.0. The van der Waals surface area contributed by atoms with Gasteiger partial charge in [-0.15, -0.1) is 0 Å². The number of hydrogen-bond acceptors (Lipinski definition) is 10.